The predicted octanol–water partition coefficient (Wildman–Crippen LogP) is 1.46. The molecule has 5 atom stereocenters. The number of carbonyl (C=O) groups is 2. The molecule has 5 unspecified atom stereocenters. The van der Waals surface area contributed by atoms with E-state index in [4.69, 9.17) is 5.73 Å². The van der Waals surface area contributed by atoms with Crippen molar-refractivity contribution in [3.63, 3.8) is 0 Å². The second kappa shape index (κ2) is 5.27. The van der Waals surface area contributed by atoms with E-state index in [0.717, 1.165) is 25.7 Å². The lowest BCUT2D eigenvalue weighted by Gasteiger charge is -2.31. The van der Waals surface area contributed by atoms with Crippen LogP contribution in [0.5, 0.6) is 0 Å². The Morgan fingerprint density at radius 1 is 1.33 bits per heavy atom. The summed E-state index contributed by atoms with van der Waals surface area (Å²) < 4.78 is 0. The van der Waals surface area contributed by atoms with Crippen molar-refractivity contribution in [2.75, 3.05) is 13.1 Å². The second-order valence-corrected chi connectivity index (χ2v) is 7.28. The highest BCUT2D eigenvalue weighted by Crippen LogP contribution is 2.49. The van der Waals surface area contributed by atoms with Crippen LogP contribution in [0, 0.1) is 23.2 Å². The normalized spacial score (nSPS) is 41.7. The summed E-state index contributed by atoms with van der Waals surface area (Å²) >= 11 is 0. The second-order valence-electron chi connectivity index (χ2n) is 7.28. The van der Waals surface area contributed by atoms with Gasteiger partial charge in [-0.2, -0.15) is 0 Å². The molecule has 1 saturated heterocycles. The van der Waals surface area contributed by atoms with E-state index >= 15 is 0 Å². The van der Waals surface area contributed by atoms with Crippen molar-refractivity contribution >= 4 is 11.9 Å². The third-order valence-corrected chi connectivity index (χ3v) is 6.11. The summed E-state index contributed by atoms with van der Waals surface area (Å²) in [7, 11) is 0. The molecule has 0 radical (unpaired) electrons. The fraction of sp³-hybridized carbons (Fsp3) is 0.875. The van der Waals surface area contributed by atoms with Gasteiger partial charge in [0.15, 0.2) is 0 Å². The van der Waals surface area contributed by atoms with Crippen molar-refractivity contribution in [2.24, 2.45) is 28.9 Å². The van der Waals surface area contributed by atoms with Gasteiger partial charge in [0.25, 0.3) is 0 Å². The first-order valence-corrected chi connectivity index (χ1v) is 8.26. The average Bonchev–Trinajstić information content (AvgIpc) is 3.12. The van der Waals surface area contributed by atoms with E-state index in [2.05, 4.69) is 0 Å². The van der Waals surface area contributed by atoms with Crippen LogP contribution in [0.1, 0.15) is 45.4 Å². The van der Waals surface area contributed by atoms with Crippen molar-refractivity contribution < 1.29 is 14.7 Å². The SMILES string of the molecule is CCCC1(C(=O)O)CCN(C(=O)C2C3CCC(C3)C2N)C1. The van der Waals surface area contributed by atoms with Crippen molar-refractivity contribution in [1.82, 2.24) is 4.90 Å². The monoisotopic (exact) mass is 294 g/mol. The summed E-state index contributed by atoms with van der Waals surface area (Å²) in [5.41, 5.74) is 5.52. The third kappa shape index (κ3) is 2.26. The quantitative estimate of drug-likeness (QED) is 0.822. The number of likely N-dealkylation sites (tertiary alicyclic amines) is 1. The van der Waals surface area contributed by atoms with Crippen LogP contribution in [0.4, 0.5) is 0 Å². The molecule has 0 spiro atoms. The Balaban J connectivity index is 1.71. The molecule has 3 aliphatic rings. The number of hydrogen-bond donors (Lipinski definition) is 2. The lowest BCUT2D eigenvalue weighted by molar-refractivity contribution is -0.149. The lowest BCUT2D eigenvalue weighted by atomic mass is 9.82. The Kier molecular flexibility index (Phi) is 3.72. The molecular weight excluding hydrogens is 268 g/mol. The number of amides is 1. The van der Waals surface area contributed by atoms with Crippen LogP contribution in [0.3, 0.4) is 0 Å². The van der Waals surface area contributed by atoms with Gasteiger partial charge in [0.2, 0.25) is 5.91 Å². The van der Waals surface area contributed by atoms with Gasteiger partial charge in [-0.25, -0.2) is 0 Å². The van der Waals surface area contributed by atoms with Gasteiger partial charge >= 0.3 is 5.97 Å². The van der Waals surface area contributed by atoms with Crippen LogP contribution < -0.4 is 5.73 Å². The zero-order valence-corrected chi connectivity index (χ0v) is 12.8. The fourth-order valence-electron chi connectivity index (χ4n) is 4.94. The molecule has 118 valence electrons. The molecule has 2 aliphatic carbocycles. The lowest BCUT2D eigenvalue weighted by Crippen LogP contribution is -2.47. The summed E-state index contributed by atoms with van der Waals surface area (Å²) in [6, 6.07) is -0.0118. The number of carbonyl (C=O) groups excluding carboxylic acids is 1. The van der Waals surface area contributed by atoms with Gasteiger partial charge in [-0.1, -0.05) is 13.3 Å². The van der Waals surface area contributed by atoms with Crippen molar-refractivity contribution in [2.45, 2.75) is 51.5 Å². The number of carboxylic acids is 1. The van der Waals surface area contributed by atoms with E-state index in [1.165, 1.54) is 0 Å². The molecule has 3 N–H and O–H groups in total. The van der Waals surface area contributed by atoms with Crippen LogP contribution in [-0.4, -0.2) is 41.0 Å². The van der Waals surface area contributed by atoms with Crippen LogP contribution in [0.15, 0.2) is 0 Å². The minimum absolute atomic E-state index is 0.0118. The number of nitrogens with two attached hydrogens (primary N) is 1. The molecule has 1 amide bonds. The number of aliphatic carboxylic acids is 1. The molecular formula is C16H26N2O3. The third-order valence-electron chi connectivity index (χ3n) is 6.11. The molecule has 5 heteroatoms. The van der Waals surface area contributed by atoms with Gasteiger partial charge in [-0.15, -0.1) is 0 Å². The van der Waals surface area contributed by atoms with Crippen LogP contribution in [-0.2, 0) is 9.59 Å². The average molecular weight is 294 g/mol. The molecule has 1 heterocycles. The first-order chi connectivity index (χ1) is 9.98. The maximum Gasteiger partial charge on any atom is 0.311 e. The van der Waals surface area contributed by atoms with E-state index in [9.17, 15) is 14.7 Å². The molecule has 2 saturated carbocycles. The molecule has 0 aromatic carbocycles. The summed E-state index contributed by atoms with van der Waals surface area (Å²) in [5, 5.41) is 9.55. The molecule has 1 aliphatic heterocycles. The molecule has 2 bridgehead atoms. The van der Waals surface area contributed by atoms with Gasteiger partial charge in [0.05, 0.1) is 11.3 Å². The molecule has 0 aromatic rings. The van der Waals surface area contributed by atoms with Crippen LogP contribution in [0.25, 0.3) is 0 Å². The first-order valence-electron chi connectivity index (χ1n) is 8.26. The van der Waals surface area contributed by atoms with E-state index < -0.39 is 11.4 Å². The van der Waals surface area contributed by atoms with Crippen molar-refractivity contribution in [3.8, 4) is 0 Å². The van der Waals surface area contributed by atoms with E-state index in [1.807, 2.05) is 6.92 Å². The van der Waals surface area contributed by atoms with Crippen molar-refractivity contribution in [1.29, 1.82) is 0 Å². The summed E-state index contributed by atoms with van der Waals surface area (Å²) in [6.45, 7) is 2.95. The minimum atomic E-state index is -0.753. The topological polar surface area (TPSA) is 83.6 Å². The zero-order chi connectivity index (χ0) is 15.2. The van der Waals surface area contributed by atoms with Gasteiger partial charge < -0.3 is 15.7 Å². The highest BCUT2D eigenvalue weighted by Gasteiger charge is 2.53. The first kappa shape index (κ1) is 14.8. The molecule has 5 nitrogen and oxygen atoms in total. The number of rotatable bonds is 4. The van der Waals surface area contributed by atoms with Crippen molar-refractivity contribution in [3.05, 3.63) is 0 Å². The Bertz CT molecular complexity index is 451. The zero-order valence-electron chi connectivity index (χ0n) is 12.8. The number of nitrogens with zero attached hydrogens (tertiary/aromatic N) is 1. The molecule has 3 rings (SSSR count). The fourth-order valence-corrected chi connectivity index (χ4v) is 4.94. The molecule has 0 aromatic heterocycles. The largest absolute Gasteiger partial charge is 0.481 e. The standard InChI is InChI=1S/C16H26N2O3/c1-2-5-16(15(20)21)6-7-18(9-16)14(19)12-10-3-4-11(8-10)13(12)17/h10-13H,2-9,17H2,1H3,(H,20,21). The van der Waals surface area contributed by atoms with Crippen LogP contribution in [0.2, 0.25) is 0 Å². The van der Waals surface area contributed by atoms with Gasteiger partial charge in [0.1, 0.15) is 0 Å². The van der Waals surface area contributed by atoms with Gasteiger partial charge in [-0.3, -0.25) is 9.59 Å². The summed E-state index contributed by atoms with van der Waals surface area (Å²) in [4.78, 5) is 26.2. The smallest absolute Gasteiger partial charge is 0.311 e. The van der Waals surface area contributed by atoms with Gasteiger partial charge in [0, 0.05) is 19.1 Å². The van der Waals surface area contributed by atoms with E-state index in [-0.39, 0.29) is 17.9 Å². The maximum absolute atomic E-state index is 12.8. The Labute approximate surface area is 125 Å². The molecule has 3 fully saturated rings. The number of fused-ring (bicyclic) bond motifs is 2. The maximum atomic E-state index is 12.8. The van der Waals surface area contributed by atoms with E-state index in [1.54, 1.807) is 4.90 Å². The molecule has 21 heavy (non-hydrogen) atoms. The highest BCUT2D eigenvalue weighted by molar-refractivity contribution is 5.83. The summed E-state index contributed by atoms with van der Waals surface area (Å²) in [6.07, 6.45) is 5.42. The predicted molar refractivity (Wildman–Crippen MR) is 78.5 cm³/mol. The van der Waals surface area contributed by atoms with Gasteiger partial charge in [-0.05, 0) is 43.9 Å². The summed E-state index contributed by atoms with van der Waals surface area (Å²) in [5.74, 6) is 0.246. The van der Waals surface area contributed by atoms with E-state index in [0.29, 0.717) is 37.8 Å². The minimum Gasteiger partial charge on any atom is -0.481 e. The Morgan fingerprint density at radius 3 is 2.62 bits per heavy atom. The highest BCUT2D eigenvalue weighted by atomic mass is 16.4. The van der Waals surface area contributed by atoms with Crippen LogP contribution >= 0.6 is 0 Å². The Morgan fingerprint density at radius 2 is 2.05 bits per heavy atom. The Hall–Kier alpha value is -1.10. The number of carboxylic acid groups (broad SMARTS) is 1. The number of hydrogen-bond acceptors (Lipinski definition) is 3.